The van der Waals surface area contributed by atoms with Crippen LogP contribution in [0, 0.1) is 0 Å². The van der Waals surface area contributed by atoms with E-state index in [1.54, 1.807) is 24.3 Å². The zero-order valence-electron chi connectivity index (χ0n) is 11.3. The first-order chi connectivity index (χ1) is 10.2. The Morgan fingerprint density at radius 2 is 2.19 bits per heavy atom. The lowest BCUT2D eigenvalue weighted by molar-refractivity contribution is 0.102. The monoisotopic (exact) mass is 283 g/mol. The molecule has 0 aliphatic rings. The van der Waals surface area contributed by atoms with Crippen molar-refractivity contribution in [3.8, 4) is 0 Å². The first kappa shape index (κ1) is 13.1. The van der Waals surface area contributed by atoms with Crippen LogP contribution < -0.4 is 10.9 Å². The molecule has 0 radical (unpaired) electrons. The Bertz CT molecular complexity index is 864. The van der Waals surface area contributed by atoms with Gasteiger partial charge in [0.25, 0.3) is 5.91 Å². The van der Waals surface area contributed by atoms with E-state index in [0.29, 0.717) is 34.7 Å². The number of hydrogen-bond donors (Lipinski definition) is 2. The largest absolute Gasteiger partial charge is 0.441 e. The molecule has 3 rings (SSSR count). The molecule has 6 heteroatoms. The molecule has 0 spiro atoms. The minimum absolute atomic E-state index is 0.299. The molecule has 0 fully saturated rings. The lowest BCUT2D eigenvalue weighted by Gasteiger charge is -2.04. The number of amides is 1. The van der Waals surface area contributed by atoms with Crippen LogP contribution in [0.25, 0.3) is 11.1 Å². The number of carbonyl (C=O) groups is 1. The lowest BCUT2D eigenvalue weighted by Crippen LogP contribution is -2.15. The third kappa shape index (κ3) is 2.69. The molecule has 1 aromatic carbocycles. The zero-order chi connectivity index (χ0) is 14.8. The minimum atomic E-state index is -0.348. The van der Waals surface area contributed by atoms with Crippen LogP contribution in [0.2, 0.25) is 0 Å². The molecule has 0 aliphatic heterocycles. The van der Waals surface area contributed by atoms with Gasteiger partial charge in [-0.05, 0) is 24.3 Å². The van der Waals surface area contributed by atoms with Crippen molar-refractivity contribution < 1.29 is 9.21 Å². The number of nitrogens with one attached hydrogen (secondary N) is 2. The Labute approximate surface area is 119 Å². The van der Waals surface area contributed by atoms with Gasteiger partial charge >= 0.3 is 0 Å². The third-order valence-corrected chi connectivity index (χ3v) is 3.03. The van der Waals surface area contributed by atoms with Gasteiger partial charge in [-0.15, -0.1) is 0 Å². The molecule has 0 saturated carbocycles. The van der Waals surface area contributed by atoms with Crippen LogP contribution in [-0.4, -0.2) is 15.9 Å². The number of aryl methyl sites for hydroxylation is 1. The van der Waals surface area contributed by atoms with Crippen LogP contribution in [0.1, 0.15) is 23.2 Å². The molecule has 0 saturated heterocycles. The number of benzene rings is 1. The summed E-state index contributed by atoms with van der Waals surface area (Å²) in [6, 6.07) is 8.02. The van der Waals surface area contributed by atoms with Crippen molar-refractivity contribution >= 4 is 22.7 Å². The molecule has 1 amide bonds. The highest BCUT2D eigenvalue weighted by atomic mass is 16.3. The molecule has 6 nitrogen and oxygen atoms in total. The van der Waals surface area contributed by atoms with Crippen molar-refractivity contribution in [1.29, 1.82) is 0 Å². The van der Waals surface area contributed by atoms with Crippen LogP contribution in [0.5, 0.6) is 0 Å². The van der Waals surface area contributed by atoms with E-state index in [1.807, 2.05) is 6.92 Å². The third-order valence-electron chi connectivity index (χ3n) is 3.03. The highest BCUT2D eigenvalue weighted by molar-refractivity contribution is 6.04. The molecular formula is C15H13N3O3. The summed E-state index contributed by atoms with van der Waals surface area (Å²) in [7, 11) is 0. The Hall–Kier alpha value is -2.89. The first-order valence-electron chi connectivity index (χ1n) is 6.55. The lowest BCUT2D eigenvalue weighted by atomic mass is 10.2. The van der Waals surface area contributed by atoms with Crippen LogP contribution >= 0.6 is 0 Å². The van der Waals surface area contributed by atoms with Crippen LogP contribution in [-0.2, 0) is 6.42 Å². The number of aromatic nitrogens is 2. The van der Waals surface area contributed by atoms with Crippen molar-refractivity contribution in [1.82, 2.24) is 9.97 Å². The number of fused-ring (bicyclic) bond motifs is 1. The average molecular weight is 283 g/mol. The van der Waals surface area contributed by atoms with E-state index in [1.165, 1.54) is 12.3 Å². The van der Waals surface area contributed by atoms with Gasteiger partial charge < -0.3 is 14.7 Å². The van der Waals surface area contributed by atoms with Gasteiger partial charge in [0.15, 0.2) is 11.5 Å². The van der Waals surface area contributed by atoms with Gasteiger partial charge in [-0.25, -0.2) is 4.98 Å². The Morgan fingerprint density at radius 3 is 2.95 bits per heavy atom. The van der Waals surface area contributed by atoms with Crippen molar-refractivity contribution in [3.05, 3.63) is 58.3 Å². The Balaban J connectivity index is 1.87. The second-order valence-electron chi connectivity index (χ2n) is 4.54. The SMILES string of the molecule is CCc1nc2cc(NC(=O)c3cc[nH]c(=O)c3)ccc2o1. The number of anilines is 1. The molecule has 3 aromatic rings. The quantitative estimate of drug-likeness (QED) is 0.772. The summed E-state index contributed by atoms with van der Waals surface area (Å²) in [6.45, 7) is 1.96. The summed E-state index contributed by atoms with van der Waals surface area (Å²) in [5.41, 5.74) is 1.95. The van der Waals surface area contributed by atoms with Crippen LogP contribution in [0.4, 0.5) is 5.69 Å². The second-order valence-corrected chi connectivity index (χ2v) is 4.54. The van der Waals surface area contributed by atoms with Crippen molar-refractivity contribution in [3.63, 3.8) is 0 Å². The molecule has 2 aromatic heterocycles. The van der Waals surface area contributed by atoms with Gasteiger partial charge in [-0.3, -0.25) is 9.59 Å². The number of hydrogen-bond acceptors (Lipinski definition) is 4. The van der Waals surface area contributed by atoms with E-state index >= 15 is 0 Å². The summed E-state index contributed by atoms with van der Waals surface area (Å²) in [5.74, 6) is 0.308. The molecule has 0 aliphatic carbocycles. The molecule has 2 N–H and O–H groups in total. The Morgan fingerprint density at radius 1 is 1.33 bits per heavy atom. The predicted molar refractivity (Wildman–Crippen MR) is 78.4 cm³/mol. The molecule has 106 valence electrons. The van der Waals surface area contributed by atoms with Crippen LogP contribution in [0.15, 0.2) is 45.7 Å². The van der Waals surface area contributed by atoms with Gasteiger partial charge in [-0.1, -0.05) is 6.92 Å². The molecule has 2 heterocycles. The topological polar surface area (TPSA) is 88.0 Å². The van der Waals surface area contributed by atoms with Crippen LogP contribution in [0.3, 0.4) is 0 Å². The maximum Gasteiger partial charge on any atom is 0.255 e. The van der Waals surface area contributed by atoms with E-state index in [2.05, 4.69) is 15.3 Å². The summed E-state index contributed by atoms with van der Waals surface area (Å²) in [6.07, 6.45) is 2.15. The van der Waals surface area contributed by atoms with Gasteiger partial charge in [0.1, 0.15) is 5.52 Å². The molecule has 0 bridgehead atoms. The molecule has 0 unspecified atom stereocenters. The molecule has 0 atom stereocenters. The maximum atomic E-state index is 12.1. The highest BCUT2D eigenvalue weighted by Crippen LogP contribution is 2.20. The van der Waals surface area contributed by atoms with Crippen molar-refractivity contribution in [2.75, 3.05) is 5.32 Å². The fraction of sp³-hybridized carbons (Fsp3) is 0.133. The fourth-order valence-electron chi connectivity index (χ4n) is 1.99. The summed E-state index contributed by atoms with van der Waals surface area (Å²) in [5, 5.41) is 2.73. The number of oxazole rings is 1. The first-order valence-corrected chi connectivity index (χ1v) is 6.55. The number of nitrogens with zero attached hydrogens (tertiary/aromatic N) is 1. The standard InChI is InChI=1S/C15H13N3O3/c1-2-14-18-11-8-10(3-4-12(11)21-14)17-15(20)9-5-6-16-13(19)7-9/h3-8H,2H2,1H3,(H,16,19)(H,17,20). The maximum absolute atomic E-state index is 12.1. The number of carbonyl (C=O) groups excluding carboxylic acids is 1. The second kappa shape index (κ2) is 5.24. The van der Waals surface area contributed by atoms with Gasteiger partial charge in [0.2, 0.25) is 5.56 Å². The van der Waals surface area contributed by atoms with Gasteiger partial charge in [-0.2, -0.15) is 0 Å². The van der Waals surface area contributed by atoms with E-state index in [9.17, 15) is 9.59 Å². The van der Waals surface area contributed by atoms with Gasteiger partial charge in [0.05, 0.1) is 0 Å². The summed E-state index contributed by atoms with van der Waals surface area (Å²) < 4.78 is 5.51. The minimum Gasteiger partial charge on any atom is -0.441 e. The normalized spacial score (nSPS) is 10.7. The van der Waals surface area contributed by atoms with E-state index in [0.717, 1.165) is 0 Å². The molecule has 21 heavy (non-hydrogen) atoms. The smallest absolute Gasteiger partial charge is 0.255 e. The number of pyridine rings is 1. The average Bonchev–Trinajstić information content (AvgIpc) is 2.89. The number of rotatable bonds is 3. The van der Waals surface area contributed by atoms with Gasteiger partial charge in [0, 0.05) is 29.9 Å². The fourth-order valence-corrected chi connectivity index (χ4v) is 1.99. The molecular weight excluding hydrogens is 270 g/mol. The van der Waals surface area contributed by atoms with E-state index in [-0.39, 0.29) is 11.5 Å². The highest BCUT2D eigenvalue weighted by Gasteiger charge is 2.09. The predicted octanol–water partition coefficient (Wildman–Crippen LogP) is 2.33. The van der Waals surface area contributed by atoms with E-state index in [4.69, 9.17) is 4.42 Å². The zero-order valence-corrected chi connectivity index (χ0v) is 11.3. The summed E-state index contributed by atoms with van der Waals surface area (Å²) >= 11 is 0. The summed E-state index contributed by atoms with van der Waals surface area (Å²) in [4.78, 5) is 30.0. The van der Waals surface area contributed by atoms with Crippen molar-refractivity contribution in [2.24, 2.45) is 0 Å². The van der Waals surface area contributed by atoms with Crippen molar-refractivity contribution in [2.45, 2.75) is 13.3 Å². The van der Waals surface area contributed by atoms with E-state index < -0.39 is 0 Å². The number of aromatic amines is 1. The number of H-pyrrole nitrogens is 1. The Kier molecular flexibility index (Phi) is 3.27.